The summed E-state index contributed by atoms with van der Waals surface area (Å²) in [4.78, 5) is 29.4. The first kappa shape index (κ1) is 19.7. The summed E-state index contributed by atoms with van der Waals surface area (Å²) in [6.07, 6.45) is 3.37. The minimum Gasteiger partial charge on any atom is -0.465 e. The summed E-state index contributed by atoms with van der Waals surface area (Å²) in [6.45, 7) is 2.36. The molecule has 0 unspecified atom stereocenters. The molecule has 0 radical (unpaired) electrons. The van der Waals surface area contributed by atoms with E-state index in [9.17, 15) is 9.59 Å². The van der Waals surface area contributed by atoms with Crippen molar-refractivity contribution in [2.75, 3.05) is 12.4 Å². The second-order valence-electron chi connectivity index (χ2n) is 6.58. The molecular formula is C21H18ClN5O3. The number of aromatic nitrogens is 4. The Balaban J connectivity index is 1.63. The van der Waals surface area contributed by atoms with Gasteiger partial charge in [0, 0.05) is 11.9 Å². The summed E-state index contributed by atoms with van der Waals surface area (Å²) in [6, 6.07) is 12.4. The summed E-state index contributed by atoms with van der Waals surface area (Å²) < 4.78 is 7.84. The first-order valence-corrected chi connectivity index (χ1v) is 9.50. The molecule has 0 bridgehead atoms. The average molecular weight is 424 g/mol. The minimum absolute atomic E-state index is 0.0374. The number of para-hydroxylation sites is 1. The van der Waals surface area contributed by atoms with Crippen molar-refractivity contribution in [3.8, 4) is 5.69 Å². The number of anilines is 1. The molecular weight excluding hydrogens is 406 g/mol. The number of imidazole rings is 1. The van der Waals surface area contributed by atoms with Gasteiger partial charge in [0.1, 0.15) is 10.7 Å². The van der Waals surface area contributed by atoms with Crippen LogP contribution in [0.1, 0.15) is 21.7 Å². The Labute approximate surface area is 176 Å². The molecule has 0 spiro atoms. The molecule has 0 aliphatic heterocycles. The van der Waals surface area contributed by atoms with Crippen molar-refractivity contribution < 1.29 is 9.53 Å². The van der Waals surface area contributed by atoms with Crippen molar-refractivity contribution in [1.29, 1.82) is 0 Å². The van der Waals surface area contributed by atoms with Crippen LogP contribution >= 0.6 is 11.6 Å². The molecule has 9 heteroatoms. The second kappa shape index (κ2) is 8.00. The van der Waals surface area contributed by atoms with Crippen LogP contribution < -0.4 is 10.9 Å². The van der Waals surface area contributed by atoms with E-state index in [0.29, 0.717) is 17.9 Å². The number of pyridine rings is 1. The van der Waals surface area contributed by atoms with Gasteiger partial charge in [-0.25, -0.2) is 9.78 Å². The molecule has 3 heterocycles. The van der Waals surface area contributed by atoms with Gasteiger partial charge in [0.2, 0.25) is 0 Å². The molecule has 3 aromatic heterocycles. The van der Waals surface area contributed by atoms with E-state index in [-0.39, 0.29) is 10.6 Å². The van der Waals surface area contributed by atoms with Crippen LogP contribution in [0.2, 0.25) is 5.02 Å². The number of nitrogens with zero attached hydrogens (tertiary/aromatic N) is 4. The molecule has 30 heavy (non-hydrogen) atoms. The largest absolute Gasteiger partial charge is 0.465 e. The molecule has 152 valence electrons. The summed E-state index contributed by atoms with van der Waals surface area (Å²) >= 11 is 6.31. The maximum Gasteiger partial charge on any atom is 0.340 e. The standard InChI is InChI=1S/C21H18ClN5O3/c1-13-6-5-9-18-25-14(12-26(13)18)10-23-16-11-24-27(20(28)19(16)22)17-8-4-3-7-15(17)21(29)30-2/h3-9,11-12,23H,10H2,1-2H3. The number of methoxy groups -OCH3 is 1. The zero-order chi connectivity index (χ0) is 21.3. The van der Waals surface area contributed by atoms with Crippen molar-refractivity contribution in [2.45, 2.75) is 13.5 Å². The van der Waals surface area contributed by atoms with E-state index in [1.807, 2.05) is 35.7 Å². The number of aryl methyl sites for hydroxylation is 1. The Bertz CT molecular complexity index is 1310. The fraction of sp³-hybridized carbons (Fsp3) is 0.143. The van der Waals surface area contributed by atoms with Crippen LogP contribution in [-0.4, -0.2) is 32.2 Å². The van der Waals surface area contributed by atoms with Crippen LogP contribution in [0.3, 0.4) is 0 Å². The van der Waals surface area contributed by atoms with Gasteiger partial charge in [-0.3, -0.25) is 4.79 Å². The second-order valence-corrected chi connectivity index (χ2v) is 6.96. The highest BCUT2D eigenvalue weighted by atomic mass is 35.5. The SMILES string of the molecule is COC(=O)c1ccccc1-n1ncc(NCc2cn3c(C)cccc3n2)c(Cl)c1=O. The molecule has 0 saturated heterocycles. The molecule has 0 fully saturated rings. The zero-order valence-corrected chi connectivity index (χ0v) is 17.1. The van der Waals surface area contributed by atoms with Gasteiger partial charge >= 0.3 is 5.97 Å². The molecule has 0 aliphatic carbocycles. The highest BCUT2D eigenvalue weighted by Crippen LogP contribution is 2.20. The van der Waals surface area contributed by atoms with E-state index in [1.54, 1.807) is 24.3 Å². The number of ether oxygens (including phenoxy) is 1. The predicted octanol–water partition coefficient (Wildman–Crippen LogP) is 3.24. The highest BCUT2D eigenvalue weighted by Gasteiger charge is 2.17. The lowest BCUT2D eigenvalue weighted by atomic mass is 10.2. The minimum atomic E-state index is -0.570. The maximum absolute atomic E-state index is 12.8. The Morgan fingerprint density at radius 2 is 2.00 bits per heavy atom. The van der Waals surface area contributed by atoms with E-state index in [0.717, 1.165) is 21.7 Å². The van der Waals surface area contributed by atoms with Crippen LogP contribution in [0.5, 0.6) is 0 Å². The number of hydrogen-bond acceptors (Lipinski definition) is 6. The van der Waals surface area contributed by atoms with Crippen LogP contribution in [0.15, 0.2) is 59.7 Å². The van der Waals surface area contributed by atoms with Crippen molar-refractivity contribution in [3.63, 3.8) is 0 Å². The number of halogens is 1. The first-order valence-electron chi connectivity index (χ1n) is 9.12. The van der Waals surface area contributed by atoms with Gasteiger partial charge < -0.3 is 14.5 Å². The third kappa shape index (κ3) is 3.53. The lowest BCUT2D eigenvalue weighted by Crippen LogP contribution is -2.24. The lowest BCUT2D eigenvalue weighted by molar-refractivity contribution is 0.0600. The van der Waals surface area contributed by atoms with E-state index >= 15 is 0 Å². The number of carbonyl (C=O) groups excluding carboxylic acids is 1. The molecule has 0 atom stereocenters. The molecule has 8 nitrogen and oxygen atoms in total. The van der Waals surface area contributed by atoms with Gasteiger partial charge in [0.15, 0.2) is 0 Å². The van der Waals surface area contributed by atoms with Gasteiger partial charge in [0.05, 0.1) is 42.5 Å². The van der Waals surface area contributed by atoms with Gasteiger partial charge in [-0.15, -0.1) is 0 Å². The molecule has 0 aliphatic rings. The third-order valence-corrected chi connectivity index (χ3v) is 5.03. The van der Waals surface area contributed by atoms with Crippen LogP contribution in [0.4, 0.5) is 5.69 Å². The van der Waals surface area contributed by atoms with Crippen LogP contribution in [0, 0.1) is 6.92 Å². The zero-order valence-electron chi connectivity index (χ0n) is 16.3. The van der Waals surface area contributed by atoms with Gasteiger partial charge in [-0.1, -0.05) is 29.8 Å². The smallest absolute Gasteiger partial charge is 0.340 e. The monoisotopic (exact) mass is 423 g/mol. The third-order valence-electron chi connectivity index (χ3n) is 4.66. The van der Waals surface area contributed by atoms with Crippen molar-refractivity contribution in [1.82, 2.24) is 19.2 Å². The predicted molar refractivity (Wildman–Crippen MR) is 113 cm³/mol. The van der Waals surface area contributed by atoms with Crippen molar-refractivity contribution in [3.05, 3.63) is 87.2 Å². The Kier molecular flexibility index (Phi) is 5.24. The molecule has 4 rings (SSSR count). The summed E-state index contributed by atoms with van der Waals surface area (Å²) in [7, 11) is 1.27. The molecule has 1 aromatic carbocycles. The van der Waals surface area contributed by atoms with Gasteiger partial charge in [-0.05, 0) is 31.2 Å². The number of benzene rings is 1. The topological polar surface area (TPSA) is 90.5 Å². The number of nitrogens with one attached hydrogen (secondary N) is 1. The number of fused-ring (bicyclic) bond motifs is 1. The molecule has 1 N–H and O–H groups in total. The van der Waals surface area contributed by atoms with Gasteiger partial charge in [-0.2, -0.15) is 9.78 Å². The fourth-order valence-electron chi connectivity index (χ4n) is 3.14. The summed E-state index contributed by atoms with van der Waals surface area (Å²) in [5.74, 6) is -0.570. The van der Waals surface area contributed by atoms with E-state index in [4.69, 9.17) is 16.3 Å². The molecule has 0 saturated carbocycles. The number of esters is 1. The van der Waals surface area contributed by atoms with E-state index < -0.39 is 11.5 Å². The Hall–Kier alpha value is -3.65. The summed E-state index contributed by atoms with van der Waals surface area (Å²) in [5, 5.41) is 7.24. The fourth-order valence-corrected chi connectivity index (χ4v) is 3.33. The van der Waals surface area contributed by atoms with Crippen LogP contribution in [-0.2, 0) is 11.3 Å². The number of rotatable bonds is 5. The molecule has 4 aromatic rings. The van der Waals surface area contributed by atoms with Crippen molar-refractivity contribution >= 4 is 28.9 Å². The average Bonchev–Trinajstić information content (AvgIpc) is 3.19. The Morgan fingerprint density at radius 3 is 2.77 bits per heavy atom. The van der Waals surface area contributed by atoms with E-state index in [1.165, 1.54) is 13.3 Å². The first-order chi connectivity index (χ1) is 14.5. The quantitative estimate of drug-likeness (QED) is 0.495. The number of hydrogen-bond donors (Lipinski definition) is 1. The van der Waals surface area contributed by atoms with Crippen LogP contribution in [0.25, 0.3) is 11.3 Å². The normalized spacial score (nSPS) is 10.9. The van der Waals surface area contributed by atoms with Crippen molar-refractivity contribution in [2.24, 2.45) is 0 Å². The number of carbonyl (C=O) groups is 1. The Morgan fingerprint density at radius 1 is 1.20 bits per heavy atom. The maximum atomic E-state index is 12.8. The highest BCUT2D eigenvalue weighted by molar-refractivity contribution is 6.32. The summed E-state index contributed by atoms with van der Waals surface area (Å²) in [5.41, 5.74) is 3.03. The van der Waals surface area contributed by atoms with E-state index in [2.05, 4.69) is 15.4 Å². The lowest BCUT2D eigenvalue weighted by Gasteiger charge is -2.12. The molecule has 0 amide bonds. The van der Waals surface area contributed by atoms with Gasteiger partial charge in [0.25, 0.3) is 5.56 Å².